The summed E-state index contributed by atoms with van der Waals surface area (Å²) in [7, 11) is 1.66. The lowest BCUT2D eigenvalue weighted by Crippen LogP contribution is -2.44. The largest absolute Gasteiger partial charge is 0.385 e. The molecule has 1 unspecified atom stereocenters. The third kappa shape index (κ3) is 3.99. The van der Waals surface area contributed by atoms with Gasteiger partial charge in [-0.2, -0.15) is 0 Å². The molecule has 1 aromatic carbocycles. The molecular formula is C17H25ClFNO2. The Morgan fingerprint density at radius 2 is 2.27 bits per heavy atom. The molecule has 0 saturated carbocycles. The van der Waals surface area contributed by atoms with Crippen LogP contribution in [0.3, 0.4) is 0 Å². The van der Waals surface area contributed by atoms with Crippen LogP contribution in [-0.2, 0) is 10.3 Å². The second-order valence-corrected chi connectivity index (χ2v) is 6.43. The number of rotatable bonds is 7. The number of ether oxygens (including phenoxy) is 1. The average Bonchev–Trinajstić information content (AvgIpc) is 2.55. The molecule has 0 spiro atoms. The van der Waals surface area contributed by atoms with E-state index < -0.39 is 11.4 Å². The first-order valence-electron chi connectivity index (χ1n) is 7.96. The van der Waals surface area contributed by atoms with E-state index in [0.717, 1.165) is 32.2 Å². The Hall–Kier alpha value is -0.680. The van der Waals surface area contributed by atoms with Crippen molar-refractivity contribution in [1.29, 1.82) is 0 Å². The Labute approximate surface area is 136 Å². The molecule has 1 fully saturated rings. The van der Waals surface area contributed by atoms with E-state index in [4.69, 9.17) is 16.3 Å². The van der Waals surface area contributed by atoms with Crippen LogP contribution in [0.5, 0.6) is 0 Å². The third-order valence-corrected chi connectivity index (χ3v) is 4.84. The van der Waals surface area contributed by atoms with Crippen LogP contribution in [0.4, 0.5) is 4.39 Å². The second kappa shape index (κ2) is 8.25. The zero-order valence-corrected chi connectivity index (χ0v) is 13.8. The molecule has 1 aliphatic heterocycles. The predicted octanol–water partition coefficient (Wildman–Crippen LogP) is 3.48. The summed E-state index contributed by atoms with van der Waals surface area (Å²) in [5.74, 6) is -0.499. The standard InChI is InChI=1S/C17H25ClFNO2/c1-22-11-3-2-9-17(21,13-6-5-10-20-12-13)14-7-4-8-15(18)16(14)19/h4,7-8,13,20-21H,2-3,5-6,9-12H2,1H3/t13-,17?/m1/s1. The van der Waals surface area contributed by atoms with Crippen LogP contribution >= 0.6 is 11.6 Å². The summed E-state index contributed by atoms with van der Waals surface area (Å²) in [5, 5.41) is 14.7. The predicted molar refractivity (Wildman–Crippen MR) is 86.6 cm³/mol. The Morgan fingerprint density at radius 3 is 2.95 bits per heavy atom. The minimum atomic E-state index is -1.18. The number of piperidine rings is 1. The van der Waals surface area contributed by atoms with Gasteiger partial charge in [-0.15, -0.1) is 0 Å². The summed E-state index contributed by atoms with van der Waals surface area (Å²) >= 11 is 5.92. The fourth-order valence-corrected chi connectivity index (χ4v) is 3.47. The van der Waals surface area contributed by atoms with Gasteiger partial charge in [-0.25, -0.2) is 4.39 Å². The number of nitrogens with one attached hydrogen (secondary N) is 1. The molecule has 1 aliphatic rings. The van der Waals surface area contributed by atoms with Crippen LogP contribution in [0.1, 0.15) is 37.7 Å². The molecule has 3 nitrogen and oxygen atoms in total. The fourth-order valence-electron chi connectivity index (χ4n) is 3.30. The molecule has 1 aromatic rings. The minimum absolute atomic E-state index is 0.00300. The van der Waals surface area contributed by atoms with Crippen molar-refractivity contribution >= 4 is 11.6 Å². The van der Waals surface area contributed by atoms with Gasteiger partial charge in [0.05, 0.1) is 10.6 Å². The molecule has 0 radical (unpaired) electrons. The molecule has 0 aliphatic carbocycles. The Bertz CT molecular complexity index is 480. The average molecular weight is 330 g/mol. The summed E-state index contributed by atoms with van der Waals surface area (Å²) in [6.07, 6.45) is 4.03. The second-order valence-electron chi connectivity index (χ2n) is 6.02. The normalized spacial score (nSPS) is 21.5. The summed E-state index contributed by atoms with van der Waals surface area (Å²) in [6, 6.07) is 4.88. The fraction of sp³-hybridized carbons (Fsp3) is 0.647. The Balaban J connectivity index is 2.25. The molecule has 124 valence electrons. The highest BCUT2D eigenvalue weighted by atomic mass is 35.5. The van der Waals surface area contributed by atoms with Crippen molar-refractivity contribution in [2.45, 2.75) is 37.7 Å². The molecule has 0 bridgehead atoms. The van der Waals surface area contributed by atoms with Crippen LogP contribution in [-0.4, -0.2) is 31.9 Å². The van der Waals surface area contributed by atoms with E-state index in [1.54, 1.807) is 19.2 Å². The zero-order chi connectivity index (χ0) is 16.0. The van der Waals surface area contributed by atoms with Crippen molar-refractivity contribution < 1.29 is 14.2 Å². The number of hydrogen-bond acceptors (Lipinski definition) is 3. The van der Waals surface area contributed by atoms with Gasteiger partial charge in [0, 0.05) is 31.7 Å². The van der Waals surface area contributed by atoms with Crippen molar-refractivity contribution in [2.24, 2.45) is 5.92 Å². The number of benzene rings is 1. The lowest BCUT2D eigenvalue weighted by atomic mass is 9.74. The van der Waals surface area contributed by atoms with Gasteiger partial charge in [0.15, 0.2) is 0 Å². The van der Waals surface area contributed by atoms with Crippen molar-refractivity contribution in [1.82, 2.24) is 5.32 Å². The van der Waals surface area contributed by atoms with Crippen LogP contribution in [0.25, 0.3) is 0 Å². The molecule has 0 amide bonds. The van der Waals surface area contributed by atoms with Gasteiger partial charge in [0.25, 0.3) is 0 Å². The molecule has 2 atom stereocenters. The van der Waals surface area contributed by atoms with Gasteiger partial charge in [-0.05, 0) is 44.7 Å². The quantitative estimate of drug-likeness (QED) is 0.752. The number of unbranched alkanes of at least 4 members (excludes halogenated alkanes) is 1. The number of halogens is 2. The SMILES string of the molecule is COCCCCC(O)(c1cccc(Cl)c1F)[C@@H]1CCCNC1. The molecule has 2 rings (SSSR count). The van der Waals surface area contributed by atoms with Crippen molar-refractivity contribution in [2.75, 3.05) is 26.8 Å². The van der Waals surface area contributed by atoms with E-state index in [-0.39, 0.29) is 10.9 Å². The lowest BCUT2D eigenvalue weighted by Gasteiger charge is -2.39. The van der Waals surface area contributed by atoms with E-state index in [1.807, 2.05) is 0 Å². The lowest BCUT2D eigenvalue weighted by molar-refractivity contribution is -0.0460. The molecule has 2 N–H and O–H groups in total. The molecule has 1 saturated heterocycles. The van der Waals surface area contributed by atoms with Crippen molar-refractivity contribution in [3.63, 3.8) is 0 Å². The Kier molecular flexibility index (Phi) is 6.63. The van der Waals surface area contributed by atoms with Gasteiger partial charge >= 0.3 is 0 Å². The molecule has 0 aromatic heterocycles. The van der Waals surface area contributed by atoms with Crippen LogP contribution < -0.4 is 5.32 Å². The number of hydrogen-bond donors (Lipinski definition) is 2. The highest BCUT2D eigenvalue weighted by molar-refractivity contribution is 6.30. The monoisotopic (exact) mass is 329 g/mol. The van der Waals surface area contributed by atoms with E-state index in [2.05, 4.69) is 5.32 Å². The first-order valence-corrected chi connectivity index (χ1v) is 8.34. The molecule has 1 heterocycles. The molecular weight excluding hydrogens is 305 g/mol. The first kappa shape index (κ1) is 17.7. The maximum atomic E-state index is 14.5. The summed E-state index contributed by atoms with van der Waals surface area (Å²) in [5.41, 5.74) is -0.859. The highest BCUT2D eigenvalue weighted by Crippen LogP contribution is 2.40. The topological polar surface area (TPSA) is 41.5 Å². The van der Waals surface area contributed by atoms with E-state index in [1.165, 1.54) is 6.07 Å². The van der Waals surface area contributed by atoms with E-state index in [9.17, 15) is 9.50 Å². The molecule has 22 heavy (non-hydrogen) atoms. The van der Waals surface area contributed by atoms with Crippen molar-refractivity contribution in [3.8, 4) is 0 Å². The van der Waals surface area contributed by atoms with Gasteiger partial charge in [-0.1, -0.05) is 23.7 Å². The maximum absolute atomic E-state index is 14.5. The summed E-state index contributed by atoms with van der Waals surface area (Å²) in [4.78, 5) is 0. The zero-order valence-electron chi connectivity index (χ0n) is 13.1. The minimum Gasteiger partial charge on any atom is -0.385 e. The van der Waals surface area contributed by atoms with Gasteiger partial charge < -0.3 is 15.2 Å². The summed E-state index contributed by atoms with van der Waals surface area (Å²) in [6.45, 7) is 2.30. The van der Waals surface area contributed by atoms with Crippen molar-refractivity contribution in [3.05, 3.63) is 34.6 Å². The summed E-state index contributed by atoms with van der Waals surface area (Å²) < 4.78 is 19.6. The van der Waals surface area contributed by atoms with E-state index in [0.29, 0.717) is 25.1 Å². The molecule has 5 heteroatoms. The van der Waals surface area contributed by atoms with Gasteiger partial charge in [0.2, 0.25) is 0 Å². The number of methoxy groups -OCH3 is 1. The Morgan fingerprint density at radius 1 is 1.45 bits per heavy atom. The smallest absolute Gasteiger partial charge is 0.147 e. The first-order chi connectivity index (χ1) is 10.6. The van der Waals surface area contributed by atoms with Crippen LogP contribution in [0.2, 0.25) is 5.02 Å². The van der Waals surface area contributed by atoms with Gasteiger partial charge in [0.1, 0.15) is 5.82 Å². The third-order valence-electron chi connectivity index (χ3n) is 4.55. The van der Waals surface area contributed by atoms with Gasteiger partial charge in [-0.3, -0.25) is 0 Å². The van der Waals surface area contributed by atoms with Crippen LogP contribution in [0.15, 0.2) is 18.2 Å². The highest BCUT2D eigenvalue weighted by Gasteiger charge is 2.40. The number of aliphatic hydroxyl groups is 1. The van der Waals surface area contributed by atoms with E-state index >= 15 is 0 Å². The maximum Gasteiger partial charge on any atom is 0.147 e. The van der Waals surface area contributed by atoms with Crippen LogP contribution in [0, 0.1) is 11.7 Å².